The van der Waals surface area contributed by atoms with E-state index in [0.717, 1.165) is 23.8 Å². The Hall–Kier alpha value is -2.43. The summed E-state index contributed by atoms with van der Waals surface area (Å²) in [5, 5.41) is 2.92. The van der Waals surface area contributed by atoms with Gasteiger partial charge < -0.3 is 10.1 Å². The van der Waals surface area contributed by atoms with E-state index in [-0.39, 0.29) is 11.8 Å². The summed E-state index contributed by atoms with van der Waals surface area (Å²) in [6, 6.07) is 11.3. The minimum absolute atomic E-state index is 0.0678. The maximum atomic E-state index is 14.2. The number of methoxy groups -OCH3 is 1. The number of carbonyl (C=O) groups excluding carboxylic acids is 1. The molecule has 1 aliphatic carbocycles. The van der Waals surface area contributed by atoms with Crippen molar-refractivity contribution >= 4 is 5.91 Å². The van der Waals surface area contributed by atoms with Crippen LogP contribution in [-0.2, 0) is 16.6 Å². The lowest BCUT2D eigenvalue weighted by Gasteiger charge is -2.19. The SMILES string of the molecule is COc1ccc(CCC(=O)NCC2(c3ccc(F)cc3F)CC2C)cc1. The average Bonchev–Trinajstić information content (AvgIpc) is 3.29. The zero-order valence-electron chi connectivity index (χ0n) is 15.0. The van der Waals surface area contributed by atoms with Crippen LogP contribution in [0.5, 0.6) is 5.75 Å². The lowest BCUT2D eigenvalue weighted by atomic mass is 9.92. The van der Waals surface area contributed by atoms with Gasteiger partial charge >= 0.3 is 0 Å². The molecule has 0 heterocycles. The Labute approximate surface area is 152 Å². The fraction of sp³-hybridized carbons (Fsp3) is 0.381. The van der Waals surface area contributed by atoms with Crippen LogP contribution in [0.15, 0.2) is 42.5 Å². The van der Waals surface area contributed by atoms with Crippen LogP contribution in [-0.4, -0.2) is 19.6 Å². The van der Waals surface area contributed by atoms with E-state index in [9.17, 15) is 13.6 Å². The predicted octanol–water partition coefficient (Wildman–Crippen LogP) is 4.00. The van der Waals surface area contributed by atoms with E-state index in [0.29, 0.717) is 24.9 Å². The molecule has 138 valence electrons. The van der Waals surface area contributed by atoms with Crippen LogP contribution in [0.4, 0.5) is 8.78 Å². The third kappa shape index (κ3) is 3.87. The van der Waals surface area contributed by atoms with Crippen LogP contribution < -0.4 is 10.1 Å². The summed E-state index contributed by atoms with van der Waals surface area (Å²) in [5.41, 5.74) is 1.12. The van der Waals surface area contributed by atoms with E-state index in [1.807, 2.05) is 31.2 Å². The Bertz CT molecular complexity index is 791. The highest BCUT2D eigenvalue weighted by atomic mass is 19.1. The molecule has 1 amide bonds. The van der Waals surface area contributed by atoms with Gasteiger partial charge in [0.25, 0.3) is 0 Å². The maximum absolute atomic E-state index is 14.2. The molecule has 1 aliphatic rings. The highest BCUT2D eigenvalue weighted by Gasteiger charge is 2.53. The van der Waals surface area contributed by atoms with Gasteiger partial charge in [0.1, 0.15) is 17.4 Å². The van der Waals surface area contributed by atoms with Crippen molar-refractivity contribution in [2.24, 2.45) is 5.92 Å². The molecule has 1 saturated carbocycles. The predicted molar refractivity (Wildman–Crippen MR) is 96.1 cm³/mol. The van der Waals surface area contributed by atoms with E-state index >= 15 is 0 Å². The molecule has 0 radical (unpaired) electrons. The van der Waals surface area contributed by atoms with E-state index < -0.39 is 17.0 Å². The molecule has 2 aromatic rings. The van der Waals surface area contributed by atoms with Crippen molar-refractivity contribution < 1.29 is 18.3 Å². The van der Waals surface area contributed by atoms with Crippen molar-refractivity contribution in [2.45, 2.75) is 31.6 Å². The molecular weight excluding hydrogens is 336 g/mol. The molecule has 3 rings (SSSR count). The first-order chi connectivity index (χ1) is 12.4. The van der Waals surface area contributed by atoms with Gasteiger partial charge in [-0.3, -0.25) is 4.79 Å². The highest BCUT2D eigenvalue weighted by molar-refractivity contribution is 5.76. The second-order valence-electron chi connectivity index (χ2n) is 7.01. The summed E-state index contributed by atoms with van der Waals surface area (Å²) in [6.45, 7) is 2.39. The van der Waals surface area contributed by atoms with Gasteiger partial charge in [-0.1, -0.05) is 25.1 Å². The first-order valence-electron chi connectivity index (χ1n) is 8.80. The Morgan fingerprint density at radius 2 is 1.92 bits per heavy atom. The van der Waals surface area contributed by atoms with Crippen LogP contribution in [0.3, 0.4) is 0 Å². The summed E-state index contributed by atoms with van der Waals surface area (Å²) >= 11 is 0. The molecule has 1 fully saturated rings. The topological polar surface area (TPSA) is 38.3 Å². The summed E-state index contributed by atoms with van der Waals surface area (Å²) in [4.78, 5) is 12.2. The summed E-state index contributed by atoms with van der Waals surface area (Å²) in [6.07, 6.45) is 1.78. The first kappa shape index (κ1) is 18.4. The molecule has 0 aromatic heterocycles. The molecule has 2 aromatic carbocycles. The van der Waals surface area contributed by atoms with Gasteiger partial charge in [0, 0.05) is 24.4 Å². The first-order valence-corrected chi connectivity index (χ1v) is 8.80. The number of rotatable bonds is 7. The quantitative estimate of drug-likeness (QED) is 0.811. The monoisotopic (exact) mass is 359 g/mol. The molecule has 0 bridgehead atoms. The Kier molecular flexibility index (Phi) is 5.25. The minimum Gasteiger partial charge on any atom is -0.497 e. The number of nitrogens with one attached hydrogen (secondary N) is 1. The fourth-order valence-electron chi connectivity index (χ4n) is 3.49. The third-order valence-corrected chi connectivity index (χ3v) is 5.32. The van der Waals surface area contributed by atoms with Gasteiger partial charge in [0.2, 0.25) is 5.91 Å². The molecule has 26 heavy (non-hydrogen) atoms. The van der Waals surface area contributed by atoms with Gasteiger partial charge in [-0.25, -0.2) is 8.78 Å². The molecule has 2 atom stereocenters. The molecule has 5 heteroatoms. The van der Waals surface area contributed by atoms with Gasteiger partial charge in [0.05, 0.1) is 7.11 Å². The number of ether oxygens (including phenoxy) is 1. The Morgan fingerprint density at radius 3 is 2.50 bits per heavy atom. The van der Waals surface area contributed by atoms with Crippen molar-refractivity contribution in [2.75, 3.05) is 13.7 Å². The highest BCUT2D eigenvalue weighted by Crippen LogP contribution is 2.54. The van der Waals surface area contributed by atoms with E-state index in [1.165, 1.54) is 12.1 Å². The van der Waals surface area contributed by atoms with Crippen molar-refractivity contribution in [3.05, 3.63) is 65.2 Å². The summed E-state index contributed by atoms with van der Waals surface area (Å²) in [5.74, 6) is -0.157. The smallest absolute Gasteiger partial charge is 0.220 e. The maximum Gasteiger partial charge on any atom is 0.220 e. The summed E-state index contributed by atoms with van der Waals surface area (Å²) < 4.78 is 32.4. The van der Waals surface area contributed by atoms with Crippen LogP contribution in [0.2, 0.25) is 0 Å². The second kappa shape index (κ2) is 7.44. The van der Waals surface area contributed by atoms with E-state index in [4.69, 9.17) is 4.74 Å². The van der Waals surface area contributed by atoms with Crippen molar-refractivity contribution in [3.63, 3.8) is 0 Å². The van der Waals surface area contributed by atoms with Crippen molar-refractivity contribution in [1.82, 2.24) is 5.32 Å². The van der Waals surface area contributed by atoms with Crippen LogP contribution >= 0.6 is 0 Å². The normalized spacial score (nSPS) is 21.3. The molecule has 0 aliphatic heterocycles. The molecular formula is C21H23F2NO2. The lowest BCUT2D eigenvalue weighted by molar-refractivity contribution is -0.121. The molecule has 2 unspecified atom stereocenters. The number of aryl methyl sites for hydroxylation is 1. The molecule has 0 saturated heterocycles. The third-order valence-electron chi connectivity index (χ3n) is 5.32. The largest absolute Gasteiger partial charge is 0.497 e. The number of hydrogen-bond donors (Lipinski definition) is 1. The number of halogens is 2. The van der Waals surface area contributed by atoms with Crippen LogP contribution in [0, 0.1) is 17.6 Å². The van der Waals surface area contributed by atoms with Gasteiger partial charge in [-0.2, -0.15) is 0 Å². The summed E-state index contributed by atoms with van der Waals surface area (Å²) in [7, 11) is 1.61. The lowest BCUT2D eigenvalue weighted by Crippen LogP contribution is -2.34. The number of amides is 1. The zero-order chi connectivity index (χ0) is 18.7. The zero-order valence-corrected chi connectivity index (χ0v) is 15.0. The van der Waals surface area contributed by atoms with Gasteiger partial charge in [-0.15, -0.1) is 0 Å². The minimum atomic E-state index is -0.585. The molecule has 1 N–H and O–H groups in total. The molecule has 3 nitrogen and oxygen atoms in total. The second-order valence-corrected chi connectivity index (χ2v) is 7.01. The fourth-order valence-corrected chi connectivity index (χ4v) is 3.49. The number of carbonyl (C=O) groups is 1. The van der Waals surface area contributed by atoms with Crippen molar-refractivity contribution in [3.8, 4) is 5.75 Å². The van der Waals surface area contributed by atoms with Crippen LogP contribution in [0.25, 0.3) is 0 Å². The van der Waals surface area contributed by atoms with E-state index in [2.05, 4.69) is 5.32 Å². The number of hydrogen-bond acceptors (Lipinski definition) is 2. The van der Waals surface area contributed by atoms with Crippen molar-refractivity contribution in [1.29, 1.82) is 0 Å². The van der Waals surface area contributed by atoms with E-state index in [1.54, 1.807) is 7.11 Å². The number of benzene rings is 2. The van der Waals surface area contributed by atoms with Gasteiger partial charge in [0.15, 0.2) is 0 Å². The standard InChI is InChI=1S/C21H23F2NO2/c1-14-12-21(14,18-9-6-16(22)11-19(18)23)13-24-20(25)10-5-15-3-7-17(26-2)8-4-15/h3-4,6-9,11,14H,5,10,12-13H2,1-2H3,(H,24,25). The van der Waals surface area contributed by atoms with Crippen LogP contribution in [0.1, 0.15) is 30.9 Å². The molecule has 0 spiro atoms. The Morgan fingerprint density at radius 1 is 1.23 bits per heavy atom. The average molecular weight is 359 g/mol. The van der Waals surface area contributed by atoms with Gasteiger partial charge in [-0.05, 0) is 48.1 Å². The Balaban J connectivity index is 1.56.